The normalized spacial score (nSPS) is 14.5. The number of pyridine rings is 1. The molecular weight excluding hydrogens is 216 g/mol. The van der Waals surface area contributed by atoms with Crippen LogP contribution in [0.5, 0.6) is 0 Å². The molecule has 0 spiro atoms. The van der Waals surface area contributed by atoms with Gasteiger partial charge in [-0.25, -0.2) is 0 Å². The lowest BCUT2D eigenvalue weighted by atomic mass is 9.93. The first-order chi connectivity index (χ1) is 7.99. The molecule has 1 unspecified atom stereocenters. The maximum absolute atomic E-state index is 10.9. The monoisotopic (exact) mass is 230 g/mol. The minimum Gasteiger partial charge on any atom is -0.480 e. The van der Waals surface area contributed by atoms with E-state index < -0.39 is 11.5 Å². The Labute approximate surface area is 99.1 Å². The average Bonchev–Trinajstić information content (AvgIpc) is 2.28. The topological polar surface area (TPSA) is 76.2 Å². The van der Waals surface area contributed by atoms with Gasteiger partial charge >= 0.3 is 5.97 Å². The Balaban J connectivity index is 2.34. The Hall–Kier alpha value is -1.94. The number of fused-ring (bicyclic) bond motifs is 1. The highest BCUT2D eigenvalue weighted by molar-refractivity contribution is 5.80. The summed E-state index contributed by atoms with van der Waals surface area (Å²) >= 11 is 0. The molecule has 0 saturated carbocycles. The van der Waals surface area contributed by atoms with E-state index in [0.717, 1.165) is 16.5 Å². The predicted molar refractivity (Wildman–Crippen MR) is 65.7 cm³/mol. The fraction of sp³-hybridized carbons (Fsp3) is 0.231. The minimum absolute atomic E-state index is 0.287. The molecule has 0 aliphatic carbocycles. The standard InChI is InChI=1S/C13H14N2O2/c1-13(14,12(16)17)8-9-4-5-10-3-2-6-15-11(10)7-9/h2-7H,8,14H2,1H3,(H,16,17). The largest absolute Gasteiger partial charge is 0.480 e. The van der Waals surface area contributed by atoms with Gasteiger partial charge in [0.1, 0.15) is 5.54 Å². The van der Waals surface area contributed by atoms with Gasteiger partial charge < -0.3 is 10.8 Å². The average molecular weight is 230 g/mol. The molecule has 4 heteroatoms. The van der Waals surface area contributed by atoms with Crippen molar-refractivity contribution in [1.29, 1.82) is 0 Å². The summed E-state index contributed by atoms with van der Waals surface area (Å²) in [5.41, 5.74) is 6.20. The molecule has 1 aromatic heterocycles. The van der Waals surface area contributed by atoms with Crippen LogP contribution in [0.4, 0.5) is 0 Å². The van der Waals surface area contributed by atoms with Crippen LogP contribution in [-0.2, 0) is 11.2 Å². The molecule has 2 rings (SSSR count). The van der Waals surface area contributed by atoms with Gasteiger partial charge in [0.25, 0.3) is 0 Å². The van der Waals surface area contributed by atoms with E-state index in [2.05, 4.69) is 4.98 Å². The van der Waals surface area contributed by atoms with Crippen LogP contribution >= 0.6 is 0 Å². The van der Waals surface area contributed by atoms with Gasteiger partial charge in [0.05, 0.1) is 5.52 Å². The zero-order chi connectivity index (χ0) is 12.5. The van der Waals surface area contributed by atoms with Gasteiger partial charge in [-0.05, 0) is 24.6 Å². The van der Waals surface area contributed by atoms with E-state index in [0.29, 0.717) is 0 Å². The lowest BCUT2D eigenvalue weighted by Gasteiger charge is -2.19. The van der Waals surface area contributed by atoms with Gasteiger partial charge in [-0.15, -0.1) is 0 Å². The van der Waals surface area contributed by atoms with Crippen LogP contribution in [0, 0.1) is 0 Å². The number of aliphatic carboxylic acids is 1. The highest BCUT2D eigenvalue weighted by atomic mass is 16.4. The number of nitrogens with zero attached hydrogens (tertiary/aromatic N) is 1. The van der Waals surface area contributed by atoms with Gasteiger partial charge in [-0.1, -0.05) is 18.2 Å². The van der Waals surface area contributed by atoms with Crippen LogP contribution < -0.4 is 5.73 Å². The number of benzene rings is 1. The number of rotatable bonds is 3. The van der Waals surface area contributed by atoms with E-state index in [-0.39, 0.29) is 6.42 Å². The van der Waals surface area contributed by atoms with Crippen LogP contribution in [0.2, 0.25) is 0 Å². The lowest BCUT2D eigenvalue weighted by molar-refractivity contribution is -0.142. The molecule has 0 aliphatic heterocycles. The van der Waals surface area contributed by atoms with Crippen molar-refractivity contribution in [3.05, 3.63) is 42.1 Å². The molecule has 0 amide bonds. The van der Waals surface area contributed by atoms with Crippen molar-refractivity contribution < 1.29 is 9.90 Å². The summed E-state index contributed by atoms with van der Waals surface area (Å²) in [6, 6.07) is 9.52. The molecule has 0 aliphatic rings. The summed E-state index contributed by atoms with van der Waals surface area (Å²) in [5, 5.41) is 10.0. The third-order valence-corrected chi connectivity index (χ3v) is 2.73. The molecule has 0 saturated heterocycles. The smallest absolute Gasteiger partial charge is 0.323 e. The van der Waals surface area contributed by atoms with Gasteiger partial charge in [-0.2, -0.15) is 0 Å². The van der Waals surface area contributed by atoms with Crippen LogP contribution in [-0.4, -0.2) is 21.6 Å². The summed E-state index contributed by atoms with van der Waals surface area (Å²) in [6.07, 6.45) is 2.00. The Kier molecular flexibility index (Phi) is 2.81. The fourth-order valence-corrected chi connectivity index (χ4v) is 1.72. The second-order valence-corrected chi connectivity index (χ2v) is 4.43. The Bertz CT molecular complexity index is 564. The molecule has 1 atom stereocenters. The zero-order valence-corrected chi connectivity index (χ0v) is 9.55. The summed E-state index contributed by atoms with van der Waals surface area (Å²) in [4.78, 5) is 15.2. The first-order valence-electron chi connectivity index (χ1n) is 5.35. The molecule has 3 N–H and O–H groups in total. The summed E-state index contributed by atoms with van der Waals surface area (Å²) in [5.74, 6) is -1.00. The molecular formula is C13H14N2O2. The molecule has 0 bridgehead atoms. The van der Waals surface area contributed by atoms with Crippen molar-refractivity contribution in [3.63, 3.8) is 0 Å². The van der Waals surface area contributed by atoms with E-state index in [4.69, 9.17) is 10.8 Å². The first kappa shape index (κ1) is 11.5. The number of hydrogen-bond donors (Lipinski definition) is 2. The number of carboxylic acid groups (broad SMARTS) is 1. The fourth-order valence-electron chi connectivity index (χ4n) is 1.72. The molecule has 0 fully saturated rings. The summed E-state index contributed by atoms with van der Waals surface area (Å²) in [7, 11) is 0. The van der Waals surface area contributed by atoms with E-state index in [1.165, 1.54) is 6.92 Å². The van der Waals surface area contributed by atoms with Crippen molar-refractivity contribution in [2.24, 2.45) is 5.73 Å². The number of carboxylic acids is 1. The van der Waals surface area contributed by atoms with Crippen molar-refractivity contribution in [2.45, 2.75) is 18.9 Å². The maximum Gasteiger partial charge on any atom is 0.323 e. The SMILES string of the molecule is CC(N)(Cc1ccc2cccnc2c1)C(=O)O. The van der Waals surface area contributed by atoms with Crippen molar-refractivity contribution in [2.75, 3.05) is 0 Å². The second-order valence-electron chi connectivity index (χ2n) is 4.43. The van der Waals surface area contributed by atoms with E-state index in [1.54, 1.807) is 6.20 Å². The maximum atomic E-state index is 10.9. The van der Waals surface area contributed by atoms with Gasteiger partial charge in [0.15, 0.2) is 0 Å². The highest BCUT2D eigenvalue weighted by Gasteiger charge is 2.28. The molecule has 2 aromatic rings. The van der Waals surface area contributed by atoms with Gasteiger partial charge in [0, 0.05) is 18.0 Å². The molecule has 1 aromatic carbocycles. The second kappa shape index (κ2) is 4.14. The summed E-state index contributed by atoms with van der Waals surface area (Å²) in [6.45, 7) is 1.51. The van der Waals surface area contributed by atoms with Crippen LogP contribution in [0.25, 0.3) is 10.9 Å². The van der Waals surface area contributed by atoms with Crippen LogP contribution in [0.3, 0.4) is 0 Å². The van der Waals surface area contributed by atoms with Crippen molar-refractivity contribution >= 4 is 16.9 Å². The predicted octanol–water partition coefficient (Wildman–Crippen LogP) is 1.58. The third-order valence-electron chi connectivity index (χ3n) is 2.73. The Morgan fingerprint density at radius 3 is 2.94 bits per heavy atom. The molecule has 4 nitrogen and oxygen atoms in total. The van der Waals surface area contributed by atoms with Crippen molar-refractivity contribution in [1.82, 2.24) is 4.98 Å². The number of aromatic nitrogens is 1. The summed E-state index contributed by atoms with van der Waals surface area (Å²) < 4.78 is 0. The molecule has 0 radical (unpaired) electrons. The number of hydrogen-bond acceptors (Lipinski definition) is 3. The van der Waals surface area contributed by atoms with E-state index in [9.17, 15) is 4.79 Å². The first-order valence-corrected chi connectivity index (χ1v) is 5.35. The molecule has 1 heterocycles. The Morgan fingerprint density at radius 2 is 2.24 bits per heavy atom. The quantitative estimate of drug-likeness (QED) is 0.839. The minimum atomic E-state index is -1.25. The highest BCUT2D eigenvalue weighted by Crippen LogP contribution is 2.17. The lowest BCUT2D eigenvalue weighted by Crippen LogP contribution is -2.46. The van der Waals surface area contributed by atoms with E-state index >= 15 is 0 Å². The van der Waals surface area contributed by atoms with Gasteiger partial charge in [0.2, 0.25) is 0 Å². The van der Waals surface area contributed by atoms with Crippen molar-refractivity contribution in [3.8, 4) is 0 Å². The number of carbonyl (C=O) groups is 1. The third kappa shape index (κ3) is 2.42. The zero-order valence-electron chi connectivity index (χ0n) is 9.55. The van der Waals surface area contributed by atoms with Gasteiger partial charge in [-0.3, -0.25) is 9.78 Å². The molecule has 88 valence electrons. The van der Waals surface area contributed by atoms with Crippen LogP contribution in [0.1, 0.15) is 12.5 Å². The Morgan fingerprint density at radius 1 is 1.47 bits per heavy atom. The van der Waals surface area contributed by atoms with Crippen LogP contribution in [0.15, 0.2) is 36.5 Å². The van der Waals surface area contributed by atoms with E-state index in [1.807, 2.05) is 30.3 Å². The molecule has 17 heavy (non-hydrogen) atoms. The number of nitrogens with two attached hydrogens (primary N) is 1.